The van der Waals surface area contributed by atoms with Crippen LogP contribution in [-0.4, -0.2) is 33.3 Å². The zero-order valence-electron chi connectivity index (χ0n) is 7.48. The van der Waals surface area contributed by atoms with E-state index in [0.717, 1.165) is 6.92 Å². The Bertz CT molecular complexity index is 263. The van der Waals surface area contributed by atoms with E-state index in [2.05, 4.69) is 0 Å². The Kier molecular flexibility index (Phi) is 4.03. The first kappa shape index (κ1) is 12.4. The van der Waals surface area contributed by atoms with Crippen LogP contribution in [0.2, 0.25) is 0 Å². The third-order valence-corrected chi connectivity index (χ3v) is 1.91. The van der Waals surface area contributed by atoms with Crippen molar-refractivity contribution in [2.75, 3.05) is 0 Å². The molecule has 0 aliphatic rings. The summed E-state index contributed by atoms with van der Waals surface area (Å²) in [6.07, 6.45) is -0.847. The van der Waals surface area contributed by atoms with Gasteiger partial charge in [0.05, 0.1) is 0 Å². The summed E-state index contributed by atoms with van der Waals surface area (Å²) in [6, 6.07) is 0. The van der Waals surface area contributed by atoms with E-state index < -0.39 is 29.7 Å². The first-order valence-corrected chi connectivity index (χ1v) is 3.74. The van der Waals surface area contributed by atoms with Gasteiger partial charge in [0.15, 0.2) is 0 Å². The Labute approximate surface area is 79.3 Å². The van der Waals surface area contributed by atoms with E-state index in [9.17, 15) is 14.4 Å². The molecule has 0 spiro atoms. The van der Waals surface area contributed by atoms with Crippen molar-refractivity contribution >= 4 is 17.8 Å². The quantitative estimate of drug-likeness (QED) is 0.271. The van der Waals surface area contributed by atoms with Crippen molar-refractivity contribution in [2.24, 2.45) is 5.41 Å². The van der Waals surface area contributed by atoms with E-state index in [1.165, 1.54) is 5.48 Å². The topological polar surface area (TPSA) is 124 Å². The molecule has 0 aromatic carbocycles. The van der Waals surface area contributed by atoms with Gasteiger partial charge < -0.3 is 10.2 Å². The molecule has 0 fully saturated rings. The summed E-state index contributed by atoms with van der Waals surface area (Å²) < 4.78 is 0. The number of hydrogen-bond donors (Lipinski definition) is 4. The lowest BCUT2D eigenvalue weighted by Gasteiger charge is -2.20. The van der Waals surface area contributed by atoms with Gasteiger partial charge in [-0.15, -0.1) is 0 Å². The molecule has 0 radical (unpaired) electrons. The van der Waals surface area contributed by atoms with Gasteiger partial charge in [-0.05, 0) is 13.3 Å². The molecule has 0 aromatic rings. The number of carbonyl (C=O) groups is 3. The number of carbonyl (C=O) groups excluding carboxylic acids is 1. The molecule has 14 heavy (non-hydrogen) atoms. The molecule has 4 N–H and O–H groups in total. The van der Waals surface area contributed by atoms with E-state index in [1.54, 1.807) is 0 Å². The summed E-state index contributed by atoms with van der Waals surface area (Å²) in [5.74, 6) is -3.82. The average Bonchev–Trinajstić information content (AvgIpc) is 2.12. The Morgan fingerprint density at radius 3 is 2.07 bits per heavy atom. The van der Waals surface area contributed by atoms with E-state index in [1.807, 2.05) is 0 Å². The van der Waals surface area contributed by atoms with Crippen LogP contribution in [0.15, 0.2) is 0 Å². The smallest absolute Gasteiger partial charge is 0.319 e. The number of amides is 1. The van der Waals surface area contributed by atoms with Crippen molar-refractivity contribution in [1.29, 1.82) is 0 Å². The molecule has 0 bridgehead atoms. The molecule has 0 aromatic heterocycles. The number of aliphatic carboxylic acids is 2. The Morgan fingerprint density at radius 1 is 1.29 bits per heavy atom. The van der Waals surface area contributed by atoms with Crippen LogP contribution in [0.1, 0.15) is 19.8 Å². The fraction of sp³-hybridized carbons (Fsp3) is 0.571. The van der Waals surface area contributed by atoms with Gasteiger partial charge in [0.1, 0.15) is 5.41 Å². The third kappa shape index (κ3) is 2.70. The van der Waals surface area contributed by atoms with E-state index in [-0.39, 0.29) is 6.42 Å². The number of nitrogens with one attached hydrogen (secondary N) is 1. The van der Waals surface area contributed by atoms with Crippen LogP contribution in [0.3, 0.4) is 0 Å². The maximum absolute atomic E-state index is 11.0. The SMILES string of the molecule is CC(CCC(=O)O)(C(=O)O)C(=O)NO. The van der Waals surface area contributed by atoms with Gasteiger partial charge in [0.25, 0.3) is 5.91 Å². The summed E-state index contributed by atoms with van der Waals surface area (Å²) in [5.41, 5.74) is -0.726. The van der Waals surface area contributed by atoms with Gasteiger partial charge in [-0.1, -0.05) is 0 Å². The monoisotopic (exact) mass is 205 g/mol. The highest BCUT2D eigenvalue weighted by Crippen LogP contribution is 2.23. The van der Waals surface area contributed by atoms with Gasteiger partial charge in [-0.3, -0.25) is 19.6 Å². The minimum Gasteiger partial charge on any atom is -0.481 e. The second kappa shape index (κ2) is 4.56. The predicted molar refractivity (Wildman–Crippen MR) is 42.5 cm³/mol. The highest BCUT2D eigenvalue weighted by molar-refractivity contribution is 6.01. The zero-order valence-corrected chi connectivity index (χ0v) is 7.48. The van der Waals surface area contributed by atoms with Crippen molar-refractivity contribution in [2.45, 2.75) is 19.8 Å². The molecule has 1 unspecified atom stereocenters. The zero-order chi connectivity index (χ0) is 11.4. The van der Waals surface area contributed by atoms with Crippen molar-refractivity contribution in [3.05, 3.63) is 0 Å². The van der Waals surface area contributed by atoms with Crippen molar-refractivity contribution in [3.63, 3.8) is 0 Å². The van der Waals surface area contributed by atoms with E-state index in [4.69, 9.17) is 15.4 Å². The van der Waals surface area contributed by atoms with Crippen molar-refractivity contribution < 1.29 is 29.8 Å². The second-order valence-electron chi connectivity index (χ2n) is 2.97. The fourth-order valence-electron chi connectivity index (χ4n) is 0.798. The lowest BCUT2D eigenvalue weighted by atomic mass is 9.85. The van der Waals surface area contributed by atoms with Crippen LogP contribution >= 0.6 is 0 Å². The lowest BCUT2D eigenvalue weighted by molar-refractivity contribution is -0.159. The molecule has 0 aliphatic heterocycles. The Balaban J connectivity index is 4.64. The number of carboxylic acids is 2. The maximum atomic E-state index is 11.0. The van der Waals surface area contributed by atoms with E-state index in [0.29, 0.717) is 0 Å². The summed E-state index contributed by atoms with van der Waals surface area (Å²) >= 11 is 0. The van der Waals surface area contributed by atoms with Crippen LogP contribution in [0.4, 0.5) is 0 Å². The van der Waals surface area contributed by atoms with Crippen LogP contribution in [0.5, 0.6) is 0 Å². The predicted octanol–water partition coefficient (Wildman–Crippen LogP) is -0.552. The number of hydroxylamine groups is 1. The van der Waals surface area contributed by atoms with Gasteiger partial charge in [0, 0.05) is 6.42 Å². The molecule has 7 nitrogen and oxygen atoms in total. The number of rotatable bonds is 5. The fourth-order valence-corrected chi connectivity index (χ4v) is 0.798. The average molecular weight is 205 g/mol. The molecule has 7 heteroatoms. The highest BCUT2D eigenvalue weighted by Gasteiger charge is 2.41. The molecule has 0 aliphatic carbocycles. The van der Waals surface area contributed by atoms with Gasteiger partial charge in [-0.2, -0.15) is 0 Å². The van der Waals surface area contributed by atoms with Crippen LogP contribution in [-0.2, 0) is 14.4 Å². The standard InChI is InChI=1S/C7H11NO6/c1-7(6(12)13,5(11)8-14)3-2-4(9)10/h14H,2-3H2,1H3,(H,8,11)(H,9,10)(H,12,13). The summed E-state index contributed by atoms with van der Waals surface area (Å²) in [4.78, 5) is 31.8. The summed E-state index contributed by atoms with van der Waals surface area (Å²) in [7, 11) is 0. The van der Waals surface area contributed by atoms with Gasteiger partial charge in [-0.25, -0.2) is 5.48 Å². The van der Waals surface area contributed by atoms with Gasteiger partial charge in [0.2, 0.25) is 0 Å². The normalized spacial score (nSPS) is 14.1. The summed E-state index contributed by atoms with van der Waals surface area (Å²) in [5, 5.41) is 25.3. The van der Waals surface area contributed by atoms with Crippen LogP contribution < -0.4 is 5.48 Å². The van der Waals surface area contributed by atoms with Gasteiger partial charge >= 0.3 is 11.9 Å². The molecule has 0 rings (SSSR count). The molecule has 1 atom stereocenters. The van der Waals surface area contributed by atoms with E-state index >= 15 is 0 Å². The largest absolute Gasteiger partial charge is 0.481 e. The molecular weight excluding hydrogens is 194 g/mol. The van der Waals surface area contributed by atoms with Crippen LogP contribution in [0.25, 0.3) is 0 Å². The lowest BCUT2D eigenvalue weighted by Crippen LogP contribution is -2.43. The molecular formula is C7H11NO6. The molecule has 80 valence electrons. The minimum absolute atomic E-state index is 0.385. The van der Waals surface area contributed by atoms with Crippen LogP contribution in [0, 0.1) is 5.41 Å². The molecule has 0 heterocycles. The molecule has 0 saturated carbocycles. The van der Waals surface area contributed by atoms with Crippen molar-refractivity contribution in [3.8, 4) is 0 Å². The summed E-state index contributed by atoms with van der Waals surface area (Å²) in [6.45, 7) is 1.05. The first-order chi connectivity index (χ1) is 6.34. The maximum Gasteiger partial charge on any atom is 0.319 e. The molecule has 0 saturated heterocycles. The highest BCUT2D eigenvalue weighted by atomic mass is 16.5. The Hall–Kier alpha value is -1.63. The minimum atomic E-state index is -1.92. The first-order valence-electron chi connectivity index (χ1n) is 3.74. The number of carboxylic acid groups (broad SMARTS) is 2. The number of hydrogen-bond acceptors (Lipinski definition) is 4. The Morgan fingerprint density at radius 2 is 1.79 bits per heavy atom. The van der Waals surface area contributed by atoms with Crippen molar-refractivity contribution in [1.82, 2.24) is 5.48 Å². The second-order valence-corrected chi connectivity index (χ2v) is 2.97. The molecule has 1 amide bonds. The third-order valence-electron chi connectivity index (χ3n) is 1.91.